The quantitative estimate of drug-likeness (QED) is 0.695. The number of rotatable bonds is 7. The first-order valence-corrected chi connectivity index (χ1v) is 7.77. The molecule has 1 aliphatic rings. The summed E-state index contributed by atoms with van der Waals surface area (Å²) in [5.74, 6) is 0.138. The van der Waals surface area contributed by atoms with Crippen molar-refractivity contribution in [3.63, 3.8) is 0 Å². The molecular formula is C15H30N2O2. The Hall–Kier alpha value is -0.610. The van der Waals surface area contributed by atoms with Crippen molar-refractivity contribution in [1.29, 1.82) is 0 Å². The van der Waals surface area contributed by atoms with Gasteiger partial charge in [-0.25, -0.2) is 0 Å². The van der Waals surface area contributed by atoms with E-state index in [1.54, 1.807) is 0 Å². The molecule has 1 fully saturated rings. The summed E-state index contributed by atoms with van der Waals surface area (Å²) in [6.45, 7) is 5.61. The summed E-state index contributed by atoms with van der Waals surface area (Å²) in [6.07, 6.45) is 8.08. The number of nitrogens with one attached hydrogen (secondary N) is 1. The van der Waals surface area contributed by atoms with Crippen molar-refractivity contribution in [1.82, 2.24) is 10.2 Å². The largest absolute Gasteiger partial charge is 0.396 e. The number of hydrogen-bond acceptors (Lipinski definition) is 3. The van der Waals surface area contributed by atoms with Crippen molar-refractivity contribution in [3.8, 4) is 0 Å². The molecular weight excluding hydrogens is 240 g/mol. The van der Waals surface area contributed by atoms with E-state index in [0.717, 1.165) is 25.8 Å². The Balaban J connectivity index is 2.34. The van der Waals surface area contributed by atoms with Crippen LogP contribution in [0.3, 0.4) is 0 Å². The minimum absolute atomic E-state index is 0.138. The van der Waals surface area contributed by atoms with Crippen molar-refractivity contribution < 1.29 is 9.90 Å². The van der Waals surface area contributed by atoms with Gasteiger partial charge in [0.05, 0.1) is 6.54 Å². The van der Waals surface area contributed by atoms with Crippen LogP contribution in [0.25, 0.3) is 0 Å². The van der Waals surface area contributed by atoms with Crippen molar-refractivity contribution in [2.75, 3.05) is 19.7 Å². The molecule has 1 aliphatic carbocycles. The lowest BCUT2D eigenvalue weighted by Crippen LogP contribution is -2.44. The number of hydrogen-bond donors (Lipinski definition) is 2. The average Bonchev–Trinajstić information content (AvgIpc) is 2.62. The summed E-state index contributed by atoms with van der Waals surface area (Å²) in [4.78, 5) is 14.2. The van der Waals surface area contributed by atoms with E-state index in [9.17, 15) is 4.79 Å². The maximum atomic E-state index is 12.1. The molecule has 0 unspecified atom stereocenters. The number of carbonyl (C=O) groups is 1. The van der Waals surface area contributed by atoms with E-state index in [1.165, 1.54) is 25.7 Å². The number of carbonyl (C=O) groups excluding carboxylic acids is 1. The van der Waals surface area contributed by atoms with E-state index in [-0.39, 0.29) is 12.5 Å². The van der Waals surface area contributed by atoms with E-state index >= 15 is 0 Å². The van der Waals surface area contributed by atoms with Crippen LogP contribution in [0.5, 0.6) is 0 Å². The van der Waals surface area contributed by atoms with Crippen molar-refractivity contribution in [2.45, 2.75) is 70.9 Å². The van der Waals surface area contributed by atoms with Crippen molar-refractivity contribution >= 4 is 5.91 Å². The minimum atomic E-state index is 0.138. The topological polar surface area (TPSA) is 52.6 Å². The Labute approximate surface area is 117 Å². The van der Waals surface area contributed by atoms with Gasteiger partial charge in [0.2, 0.25) is 5.91 Å². The number of aliphatic hydroxyl groups excluding tert-OH is 1. The molecule has 19 heavy (non-hydrogen) atoms. The summed E-state index contributed by atoms with van der Waals surface area (Å²) in [5, 5.41) is 12.1. The van der Waals surface area contributed by atoms with Gasteiger partial charge in [0, 0.05) is 25.2 Å². The summed E-state index contributed by atoms with van der Waals surface area (Å²) >= 11 is 0. The van der Waals surface area contributed by atoms with Gasteiger partial charge in [-0.05, 0) is 33.1 Å². The van der Waals surface area contributed by atoms with Gasteiger partial charge < -0.3 is 10.4 Å². The van der Waals surface area contributed by atoms with Crippen LogP contribution < -0.4 is 5.32 Å². The number of amides is 1. The Morgan fingerprint density at radius 2 is 1.89 bits per heavy atom. The van der Waals surface area contributed by atoms with Crippen LogP contribution in [-0.4, -0.2) is 47.7 Å². The standard InChI is InChI=1S/C15H30N2O2/c1-13(2)17(10-7-11-18)12-15(19)16-14-8-5-3-4-6-9-14/h13-14,18H,3-12H2,1-2H3,(H,16,19). The fourth-order valence-electron chi connectivity index (χ4n) is 2.68. The van der Waals surface area contributed by atoms with Gasteiger partial charge in [-0.15, -0.1) is 0 Å². The summed E-state index contributed by atoms with van der Waals surface area (Å²) < 4.78 is 0. The third-order valence-electron chi connectivity index (χ3n) is 3.90. The smallest absolute Gasteiger partial charge is 0.234 e. The molecule has 0 aromatic rings. The second kappa shape index (κ2) is 9.32. The van der Waals surface area contributed by atoms with Crippen molar-refractivity contribution in [3.05, 3.63) is 0 Å². The van der Waals surface area contributed by atoms with E-state index in [2.05, 4.69) is 24.1 Å². The van der Waals surface area contributed by atoms with Crippen LogP contribution in [-0.2, 0) is 4.79 Å². The molecule has 4 heteroatoms. The Morgan fingerprint density at radius 1 is 1.26 bits per heavy atom. The molecule has 0 radical (unpaired) electrons. The predicted molar refractivity (Wildman–Crippen MR) is 78.0 cm³/mol. The monoisotopic (exact) mass is 270 g/mol. The summed E-state index contributed by atoms with van der Waals surface area (Å²) in [6, 6.07) is 0.716. The zero-order valence-electron chi connectivity index (χ0n) is 12.5. The molecule has 0 aromatic heterocycles. The molecule has 0 bridgehead atoms. The Kier molecular flexibility index (Phi) is 8.07. The molecule has 0 saturated heterocycles. The molecule has 4 nitrogen and oxygen atoms in total. The highest BCUT2D eigenvalue weighted by atomic mass is 16.3. The van der Waals surface area contributed by atoms with Gasteiger partial charge in [0.1, 0.15) is 0 Å². The molecule has 0 spiro atoms. The highest BCUT2D eigenvalue weighted by molar-refractivity contribution is 5.78. The SMILES string of the molecule is CC(C)N(CCCO)CC(=O)NC1CCCCCC1. The molecule has 1 saturated carbocycles. The zero-order valence-corrected chi connectivity index (χ0v) is 12.5. The van der Waals surface area contributed by atoms with Crippen molar-refractivity contribution in [2.24, 2.45) is 0 Å². The fraction of sp³-hybridized carbons (Fsp3) is 0.933. The van der Waals surface area contributed by atoms with Gasteiger partial charge in [0.15, 0.2) is 0 Å². The number of aliphatic hydroxyl groups is 1. The van der Waals surface area contributed by atoms with Gasteiger partial charge in [-0.2, -0.15) is 0 Å². The van der Waals surface area contributed by atoms with Crippen LogP contribution in [0, 0.1) is 0 Å². The van der Waals surface area contributed by atoms with E-state index in [0.29, 0.717) is 18.6 Å². The van der Waals surface area contributed by atoms with Gasteiger partial charge in [0.25, 0.3) is 0 Å². The Bertz CT molecular complexity index is 249. The third kappa shape index (κ3) is 6.92. The van der Waals surface area contributed by atoms with Crippen LogP contribution in [0.15, 0.2) is 0 Å². The second-order valence-corrected chi connectivity index (χ2v) is 5.90. The van der Waals surface area contributed by atoms with Gasteiger partial charge in [-0.1, -0.05) is 25.7 Å². The summed E-state index contributed by atoms with van der Waals surface area (Å²) in [5.41, 5.74) is 0. The third-order valence-corrected chi connectivity index (χ3v) is 3.90. The lowest BCUT2D eigenvalue weighted by molar-refractivity contribution is -0.123. The normalized spacial score (nSPS) is 17.7. The van der Waals surface area contributed by atoms with Gasteiger partial charge in [-0.3, -0.25) is 9.69 Å². The maximum Gasteiger partial charge on any atom is 0.234 e. The van der Waals surface area contributed by atoms with E-state index < -0.39 is 0 Å². The zero-order chi connectivity index (χ0) is 14.1. The minimum Gasteiger partial charge on any atom is -0.396 e. The molecule has 1 rings (SSSR count). The first-order chi connectivity index (χ1) is 9.13. The molecule has 0 heterocycles. The Morgan fingerprint density at radius 3 is 2.42 bits per heavy atom. The lowest BCUT2D eigenvalue weighted by atomic mass is 10.1. The van der Waals surface area contributed by atoms with E-state index in [4.69, 9.17) is 5.11 Å². The first-order valence-electron chi connectivity index (χ1n) is 7.77. The van der Waals surface area contributed by atoms with Gasteiger partial charge >= 0.3 is 0 Å². The first kappa shape index (κ1) is 16.4. The molecule has 1 amide bonds. The molecule has 0 aliphatic heterocycles. The van der Waals surface area contributed by atoms with E-state index in [1.807, 2.05) is 0 Å². The fourth-order valence-corrected chi connectivity index (χ4v) is 2.68. The number of nitrogens with zero attached hydrogens (tertiary/aromatic N) is 1. The molecule has 0 aromatic carbocycles. The second-order valence-electron chi connectivity index (χ2n) is 5.90. The highest BCUT2D eigenvalue weighted by Crippen LogP contribution is 2.17. The van der Waals surface area contributed by atoms with Crippen LogP contribution in [0.4, 0.5) is 0 Å². The molecule has 2 N–H and O–H groups in total. The predicted octanol–water partition coefficient (Wildman–Crippen LogP) is 1.92. The van der Waals surface area contributed by atoms with Crippen LogP contribution in [0.1, 0.15) is 58.8 Å². The van der Waals surface area contributed by atoms with Crippen LogP contribution in [0.2, 0.25) is 0 Å². The summed E-state index contributed by atoms with van der Waals surface area (Å²) in [7, 11) is 0. The molecule has 112 valence electrons. The molecule has 0 atom stereocenters. The highest BCUT2D eigenvalue weighted by Gasteiger charge is 2.18. The average molecular weight is 270 g/mol. The maximum absolute atomic E-state index is 12.1. The lowest BCUT2D eigenvalue weighted by Gasteiger charge is -2.26. The van der Waals surface area contributed by atoms with Crippen LogP contribution >= 0.6 is 0 Å².